The lowest BCUT2D eigenvalue weighted by molar-refractivity contribution is -0.122. The molecular formula is C22H23ClN2O2S. The van der Waals surface area contributed by atoms with E-state index < -0.39 is 0 Å². The van der Waals surface area contributed by atoms with Gasteiger partial charge in [0.1, 0.15) is 5.75 Å². The molecule has 1 amide bonds. The molecule has 1 saturated heterocycles. The van der Waals surface area contributed by atoms with Gasteiger partial charge in [0.25, 0.3) is 5.91 Å². The molecule has 4 nitrogen and oxygen atoms in total. The van der Waals surface area contributed by atoms with Gasteiger partial charge in [0.15, 0.2) is 5.17 Å². The molecule has 0 saturated carbocycles. The third-order valence-electron chi connectivity index (χ3n) is 4.22. The van der Waals surface area contributed by atoms with Crippen LogP contribution < -0.4 is 4.74 Å². The van der Waals surface area contributed by atoms with Crippen LogP contribution in [0.2, 0.25) is 5.02 Å². The fourth-order valence-corrected chi connectivity index (χ4v) is 3.96. The number of thioether (sulfide) groups is 1. The maximum absolute atomic E-state index is 13.0. The number of rotatable bonds is 5. The SMILES string of the molecule is COc1cc(/C=C2/SC(=Nc3ccc(Cl)cc3)N(CC(C)C)C2=O)ccc1C. The van der Waals surface area contributed by atoms with Gasteiger partial charge in [-0.05, 0) is 72.1 Å². The molecule has 6 heteroatoms. The Morgan fingerprint density at radius 2 is 1.93 bits per heavy atom. The predicted molar refractivity (Wildman–Crippen MR) is 118 cm³/mol. The normalized spacial score (nSPS) is 17.2. The average molecular weight is 415 g/mol. The van der Waals surface area contributed by atoms with Crippen molar-refractivity contribution >= 4 is 46.2 Å². The molecule has 0 bridgehead atoms. The summed E-state index contributed by atoms with van der Waals surface area (Å²) in [5, 5.41) is 1.35. The molecule has 0 N–H and O–H groups in total. The van der Waals surface area contributed by atoms with Gasteiger partial charge in [-0.2, -0.15) is 0 Å². The first kappa shape index (κ1) is 20.5. The highest BCUT2D eigenvalue weighted by atomic mass is 35.5. The van der Waals surface area contributed by atoms with Gasteiger partial charge in [0.05, 0.1) is 17.7 Å². The molecule has 1 aliphatic heterocycles. The van der Waals surface area contributed by atoms with Gasteiger partial charge in [-0.15, -0.1) is 0 Å². The third kappa shape index (κ3) is 4.78. The molecule has 0 spiro atoms. The van der Waals surface area contributed by atoms with E-state index in [4.69, 9.17) is 16.3 Å². The zero-order chi connectivity index (χ0) is 20.3. The number of hydrogen-bond acceptors (Lipinski definition) is 4. The first-order valence-corrected chi connectivity index (χ1v) is 10.3. The first-order chi connectivity index (χ1) is 13.4. The van der Waals surface area contributed by atoms with Gasteiger partial charge in [-0.3, -0.25) is 9.69 Å². The maximum Gasteiger partial charge on any atom is 0.266 e. The summed E-state index contributed by atoms with van der Waals surface area (Å²) < 4.78 is 5.39. The van der Waals surface area contributed by atoms with Crippen LogP contribution >= 0.6 is 23.4 Å². The van der Waals surface area contributed by atoms with Crippen LogP contribution in [0.5, 0.6) is 5.75 Å². The summed E-state index contributed by atoms with van der Waals surface area (Å²) in [6.07, 6.45) is 1.90. The Balaban J connectivity index is 1.95. The zero-order valence-corrected chi connectivity index (χ0v) is 18.0. The predicted octanol–water partition coefficient (Wildman–Crippen LogP) is 5.92. The van der Waals surface area contributed by atoms with Crippen molar-refractivity contribution in [2.24, 2.45) is 10.9 Å². The highest BCUT2D eigenvalue weighted by Gasteiger charge is 2.33. The standard InChI is InChI=1S/C22H23ClN2O2S/c1-14(2)13-25-21(26)20(12-16-6-5-15(3)19(11-16)27-4)28-22(25)24-18-9-7-17(23)8-10-18/h5-12,14H,13H2,1-4H3/b20-12+,24-22?. The van der Waals surface area contributed by atoms with E-state index in [2.05, 4.69) is 18.8 Å². The van der Waals surface area contributed by atoms with Crippen LogP contribution in [0, 0.1) is 12.8 Å². The van der Waals surface area contributed by atoms with E-state index in [-0.39, 0.29) is 5.91 Å². The van der Waals surface area contributed by atoms with Crippen LogP contribution in [-0.2, 0) is 4.79 Å². The fraction of sp³-hybridized carbons (Fsp3) is 0.273. The Morgan fingerprint density at radius 3 is 2.57 bits per heavy atom. The first-order valence-electron chi connectivity index (χ1n) is 9.07. The monoisotopic (exact) mass is 414 g/mol. The third-order valence-corrected chi connectivity index (χ3v) is 5.48. The molecule has 1 aliphatic rings. The number of benzene rings is 2. The summed E-state index contributed by atoms with van der Waals surface area (Å²) in [6, 6.07) is 13.2. The number of carbonyl (C=O) groups is 1. The number of aliphatic imine (C=N–C) groups is 1. The van der Waals surface area contributed by atoms with E-state index in [0.717, 1.165) is 22.6 Å². The minimum Gasteiger partial charge on any atom is -0.496 e. The van der Waals surface area contributed by atoms with Crippen LogP contribution in [0.4, 0.5) is 5.69 Å². The highest BCUT2D eigenvalue weighted by molar-refractivity contribution is 8.18. The molecular weight excluding hydrogens is 392 g/mol. The van der Waals surface area contributed by atoms with E-state index >= 15 is 0 Å². The second kappa shape index (κ2) is 8.84. The number of ether oxygens (including phenoxy) is 1. The zero-order valence-electron chi connectivity index (χ0n) is 16.4. The lowest BCUT2D eigenvalue weighted by Gasteiger charge is -2.17. The van der Waals surface area contributed by atoms with E-state index in [9.17, 15) is 4.79 Å². The Hall–Kier alpha value is -2.24. The van der Waals surface area contributed by atoms with Crippen molar-refractivity contribution < 1.29 is 9.53 Å². The van der Waals surface area contributed by atoms with Crippen molar-refractivity contribution in [3.8, 4) is 5.75 Å². The molecule has 1 fully saturated rings. The van der Waals surface area contributed by atoms with Crippen molar-refractivity contribution in [1.29, 1.82) is 0 Å². The van der Waals surface area contributed by atoms with Crippen molar-refractivity contribution in [2.75, 3.05) is 13.7 Å². The Morgan fingerprint density at radius 1 is 1.21 bits per heavy atom. The van der Waals surface area contributed by atoms with Crippen molar-refractivity contribution in [1.82, 2.24) is 4.90 Å². The van der Waals surface area contributed by atoms with Crippen LogP contribution in [0.15, 0.2) is 52.4 Å². The molecule has 146 valence electrons. The molecule has 28 heavy (non-hydrogen) atoms. The number of carbonyl (C=O) groups excluding carboxylic acids is 1. The van der Waals surface area contributed by atoms with E-state index in [1.54, 1.807) is 24.1 Å². The number of nitrogens with zero attached hydrogens (tertiary/aromatic N) is 2. The lowest BCUT2D eigenvalue weighted by Crippen LogP contribution is -2.32. The van der Waals surface area contributed by atoms with Crippen LogP contribution in [0.3, 0.4) is 0 Å². The van der Waals surface area contributed by atoms with Crippen LogP contribution in [0.1, 0.15) is 25.0 Å². The van der Waals surface area contributed by atoms with Gasteiger partial charge in [0, 0.05) is 11.6 Å². The second-order valence-electron chi connectivity index (χ2n) is 7.02. The number of halogens is 1. The molecule has 2 aromatic rings. The number of methoxy groups -OCH3 is 1. The van der Waals surface area contributed by atoms with Gasteiger partial charge in [0.2, 0.25) is 0 Å². The number of amides is 1. The molecule has 1 heterocycles. The van der Waals surface area contributed by atoms with E-state index in [0.29, 0.717) is 27.6 Å². The molecule has 0 radical (unpaired) electrons. The summed E-state index contributed by atoms with van der Waals surface area (Å²) in [5.74, 6) is 1.11. The summed E-state index contributed by atoms with van der Waals surface area (Å²) >= 11 is 7.35. The molecule has 3 rings (SSSR count). The summed E-state index contributed by atoms with van der Waals surface area (Å²) in [7, 11) is 1.65. The minimum absolute atomic E-state index is 0.0223. The van der Waals surface area contributed by atoms with Crippen LogP contribution in [0.25, 0.3) is 6.08 Å². The Labute approximate surface area is 175 Å². The summed E-state index contributed by atoms with van der Waals surface area (Å²) in [5.41, 5.74) is 2.75. The van der Waals surface area contributed by atoms with Crippen molar-refractivity contribution in [2.45, 2.75) is 20.8 Å². The molecule has 0 aliphatic carbocycles. The van der Waals surface area contributed by atoms with Gasteiger partial charge >= 0.3 is 0 Å². The molecule has 0 atom stereocenters. The molecule has 2 aromatic carbocycles. The Bertz CT molecular complexity index is 936. The molecule has 0 aromatic heterocycles. The van der Waals surface area contributed by atoms with Gasteiger partial charge < -0.3 is 4.74 Å². The summed E-state index contributed by atoms with van der Waals surface area (Å²) in [4.78, 5) is 20.1. The topological polar surface area (TPSA) is 41.9 Å². The van der Waals surface area contributed by atoms with Crippen molar-refractivity contribution in [3.05, 3.63) is 63.5 Å². The van der Waals surface area contributed by atoms with Crippen molar-refractivity contribution in [3.63, 3.8) is 0 Å². The number of aryl methyl sites for hydroxylation is 1. The van der Waals surface area contributed by atoms with E-state index in [1.807, 2.05) is 43.3 Å². The Kier molecular flexibility index (Phi) is 6.47. The average Bonchev–Trinajstić information content (AvgIpc) is 2.93. The highest BCUT2D eigenvalue weighted by Crippen LogP contribution is 2.35. The fourth-order valence-electron chi connectivity index (χ4n) is 2.82. The largest absolute Gasteiger partial charge is 0.496 e. The molecule has 0 unspecified atom stereocenters. The quantitative estimate of drug-likeness (QED) is 0.570. The summed E-state index contributed by atoms with van der Waals surface area (Å²) in [6.45, 7) is 6.79. The number of hydrogen-bond donors (Lipinski definition) is 0. The minimum atomic E-state index is -0.0223. The van der Waals surface area contributed by atoms with Gasteiger partial charge in [-0.1, -0.05) is 37.6 Å². The lowest BCUT2D eigenvalue weighted by atomic mass is 10.1. The van der Waals surface area contributed by atoms with Gasteiger partial charge in [-0.25, -0.2) is 4.99 Å². The number of amidine groups is 1. The maximum atomic E-state index is 13.0. The second-order valence-corrected chi connectivity index (χ2v) is 8.47. The van der Waals surface area contributed by atoms with E-state index in [1.165, 1.54) is 11.8 Å². The smallest absolute Gasteiger partial charge is 0.266 e. The van der Waals surface area contributed by atoms with Crippen LogP contribution in [-0.4, -0.2) is 29.6 Å².